The standard InChI is InChI=1S/C17H12ClN3S2/c18-12-6-4-11(5-7-12)14-13(10-19)16(22)20-17(23)15(14)21-8-2-1-3-9-21/h1-9,14-15H,(H-,20,22,23)/t14-,15+/m0/s1. The van der Waals surface area contributed by atoms with Crippen LogP contribution in [0.2, 0.25) is 5.02 Å². The monoisotopic (exact) mass is 357 g/mol. The predicted molar refractivity (Wildman–Crippen MR) is 95.6 cm³/mol. The minimum Gasteiger partial charge on any atom is -0.761 e. The van der Waals surface area contributed by atoms with Gasteiger partial charge in [0.15, 0.2) is 12.4 Å². The molecule has 1 aliphatic rings. The van der Waals surface area contributed by atoms with Crippen LogP contribution in [0.4, 0.5) is 0 Å². The maximum Gasteiger partial charge on any atom is 0.219 e. The lowest BCUT2D eigenvalue weighted by Crippen LogP contribution is -2.52. The summed E-state index contributed by atoms with van der Waals surface area (Å²) in [5, 5.41) is 13.6. The molecule has 2 aromatic rings. The summed E-state index contributed by atoms with van der Waals surface area (Å²) in [4.78, 5) is 0.602. The number of hydrogen-bond donors (Lipinski definition) is 1. The maximum atomic E-state index is 9.61. The van der Waals surface area contributed by atoms with Gasteiger partial charge < -0.3 is 17.9 Å². The minimum atomic E-state index is -0.245. The Labute approximate surface area is 150 Å². The highest BCUT2D eigenvalue weighted by Gasteiger charge is 2.40. The van der Waals surface area contributed by atoms with Crippen LogP contribution in [0.1, 0.15) is 17.5 Å². The van der Waals surface area contributed by atoms with Crippen molar-refractivity contribution in [3.05, 3.63) is 76.0 Å². The molecule has 2 heterocycles. The Kier molecular flexibility index (Phi) is 4.58. The number of nitrogens with one attached hydrogen (secondary N) is 1. The highest BCUT2D eigenvalue weighted by Crippen LogP contribution is 2.37. The van der Waals surface area contributed by atoms with E-state index in [9.17, 15) is 5.26 Å². The molecular weight excluding hydrogens is 346 g/mol. The molecule has 0 radical (unpaired) electrons. The third kappa shape index (κ3) is 3.06. The molecular formula is C17H12ClN3S2. The molecule has 0 amide bonds. The van der Waals surface area contributed by atoms with E-state index in [0.717, 1.165) is 5.56 Å². The van der Waals surface area contributed by atoms with Gasteiger partial charge in [0.1, 0.15) is 4.99 Å². The van der Waals surface area contributed by atoms with E-state index in [-0.39, 0.29) is 12.0 Å². The highest BCUT2D eigenvalue weighted by molar-refractivity contribution is 7.80. The molecule has 0 saturated carbocycles. The van der Waals surface area contributed by atoms with E-state index < -0.39 is 0 Å². The Morgan fingerprint density at radius 3 is 2.43 bits per heavy atom. The number of benzene rings is 1. The van der Waals surface area contributed by atoms with E-state index in [4.69, 9.17) is 36.4 Å². The summed E-state index contributed by atoms with van der Waals surface area (Å²) >= 11 is 16.8. The van der Waals surface area contributed by atoms with Crippen LogP contribution in [0.3, 0.4) is 0 Å². The Morgan fingerprint density at radius 2 is 1.83 bits per heavy atom. The molecule has 0 aliphatic carbocycles. The second-order valence-corrected chi connectivity index (χ2v) is 6.43. The minimum absolute atomic E-state index is 0.214. The molecule has 1 aromatic carbocycles. The topological polar surface area (TPSA) is 39.7 Å². The molecule has 3 rings (SSSR count). The molecule has 1 aromatic heterocycles. The number of hydrogen-bond acceptors (Lipinski definition) is 3. The molecule has 2 atom stereocenters. The molecule has 23 heavy (non-hydrogen) atoms. The number of nitrogens with zero attached hydrogens (tertiary/aromatic N) is 2. The summed E-state index contributed by atoms with van der Waals surface area (Å²) in [5.74, 6) is -0.245. The van der Waals surface area contributed by atoms with E-state index in [2.05, 4.69) is 11.4 Å². The molecule has 114 valence electrons. The van der Waals surface area contributed by atoms with E-state index >= 15 is 0 Å². The van der Waals surface area contributed by atoms with Crippen LogP contribution in [-0.4, -0.2) is 4.99 Å². The third-order valence-corrected chi connectivity index (χ3v) is 4.70. The van der Waals surface area contributed by atoms with Crippen LogP contribution in [0.5, 0.6) is 0 Å². The van der Waals surface area contributed by atoms with Gasteiger partial charge in [-0.1, -0.05) is 47.0 Å². The van der Waals surface area contributed by atoms with Crippen LogP contribution in [0, 0.1) is 11.3 Å². The van der Waals surface area contributed by atoms with Crippen molar-refractivity contribution >= 4 is 41.4 Å². The van der Waals surface area contributed by atoms with Gasteiger partial charge in [0, 0.05) is 22.7 Å². The predicted octanol–water partition coefficient (Wildman–Crippen LogP) is 3.17. The van der Waals surface area contributed by atoms with Crippen LogP contribution in [-0.2, 0) is 12.6 Å². The Morgan fingerprint density at radius 1 is 1.17 bits per heavy atom. The van der Waals surface area contributed by atoms with Gasteiger partial charge in [0.05, 0.1) is 12.0 Å². The van der Waals surface area contributed by atoms with E-state index in [1.807, 2.05) is 59.4 Å². The normalized spacial score (nSPS) is 20.8. The van der Waals surface area contributed by atoms with Crippen molar-refractivity contribution in [2.75, 3.05) is 0 Å². The van der Waals surface area contributed by atoms with Gasteiger partial charge in [-0.2, -0.15) is 9.83 Å². The molecule has 0 spiro atoms. The molecule has 0 saturated heterocycles. The van der Waals surface area contributed by atoms with Crippen molar-refractivity contribution in [2.24, 2.45) is 0 Å². The van der Waals surface area contributed by atoms with Crippen molar-refractivity contribution < 1.29 is 4.57 Å². The summed E-state index contributed by atoms with van der Waals surface area (Å²) in [6.45, 7) is 0. The summed E-state index contributed by atoms with van der Waals surface area (Å²) in [6.07, 6.45) is 3.87. The molecule has 0 bridgehead atoms. The number of aromatic nitrogens is 1. The van der Waals surface area contributed by atoms with Crippen molar-refractivity contribution in [3.8, 4) is 6.07 Å². The molecule has 0 fully saturated rings. The van der Waals surface area contributed by atoms with Crippen molar-refractivity contribution in [1.29, 1.82) is 5.26 Å². The highest BCUT2D eigenvalue weighted by atomic mass is 35.5. The van der Waals surface area contributed by atoms with E-state index in [1.54, 1.807) is 0 Å². The zero-order valence-electron chi connectivity index (χ0n) is 11.9. The van der Waals surface area contributed by atoms with Crippen molar-refractivity contribution in [1.82, 2.24) is 5.32 Å². The van der Waals surface area contributed by atoms with Crippen LogP contribution >= 0.6 is 23.8 Å². The van der Waals surface area contributed by atoms with Gasteiger partial charge in [-0.25, -0.2) is 0 Å². The SMILES string of the molecule is N#CC1=C([S-])NC(=S)[C@H]([n+]2ccccc2)[C@H]1c1ccc(Cl)cc1. The lowest BCUT2D eigenvalue weighted by atomic mass is 9.83. The lowest BCUT2D eigenvalue weighted by molar-refractivity contribution is -0.708. The summed E-state index contributed by atoms with van der Waals surface area (Å²) < 4.78 is 1.99. The molecule has 1 aliphatic heterocycles. The first kappa shape index (κ1) is 15.9. The van der Waals surface area contributed by atoms with Gasteiger partial charge >= 0.3 is 0 Å². The number of allylic oxidation sites excluding steroid dienone is 1. The van der Waals surface area contributed by atoms with Gasteiger partial charge in [0.2, 0.25) is 6.04 Å². The summed E-state index contributed by atoms with van der Waals surface area (Å²) in [7, 11) is 0. The second kappa shape index (κ2) is 6.63. The fourth-order valence-corrected chi connectivity index (χ4v) is 3.58. The molecule has 0 unspecified atom stereocenters. The first-order chi connectivity index (χ1) is 11.1. The van der Waals surface area contributed by atoms with Crippen molar-refractivity contribution in [3.63, 3.8) is 0 Å². The summed E-state index contributed by atoms with van der Waals surface area (Å²) in [6, 6.07) is 15.3. The second-order valence-electron chi connectivity index (χ2n) is 5.14. The first-order valence-electron chi connectivity index (χ1n) is 6.95. The molecule has 3 nitrogen and oxygen atoms in total. The Hall–Kier alpha value is -2.00. The zero-order valence-corrected chi connectivity index (χ0v) is 14.3. The molecule has 1 N–H and O–H groups in total. The number of rotatable bonds is 2. The van der Waals surface area contributed by atoms with E-state index in [1.165, 1.54) is 0 Å². The van der Waals surface area contributed by atoms with Gasteiger partial charge in [0.25, 0.3) is 0 Å². The lowest BCUT2D eigenvalue weighted by Gasteiger charge is -2.34. The van der Waals surface area contributed by atoms with E-state index in [0.29, 0.717) is 20.6 Å². The van der Waals surface area contributed by atoms with Gasteiger partial charge in [-0.05, 0) is 17.7 Å². The maximum absolute atomic E-state index is 9.61. The quantitative estimate of drug-likeness (QED) is 0.509. The van der Waals surface area contributed by atoms with Crippen LogP contribution < -0.4 is 9.88 Å². The van der Waals surface area contributed by atoms with Crippen LogP contribution in [0.15, 0.2) is 65.5 Å². The summed E-state index contributed by atoms with van der Waals surface area (Å²) in [5.41, 5.74) is 1.47. The third-order valence-electron chi connectivity index (χ3n) is 3.79. The first-order valence-corrected chi connectivity index (χ1v) is 8.14. The average Bonchev–Trinajstić information content (AvgIpc) is 2.56. The number of pyridine rings is 1. The van der Waals surface area contributed by atoms with Gasteiger partial charge in [-0.15, -0.1) is 0 Å². The fourth-order valence-electron chi connectivity index (χ4n) is 2.75. The smallest absolute Gasteiger partial charge is 0.219 e. The van der Waals surface area contributed by atoms with Crippen LogP contribution in [0.25, 0.3) is 0 Å². The number of nitriles is 1. The van der Waals surface area contributed by atoms with Gasteiger partial charge in [-0.3, -0.25) is 0 Å². The molecule has 6 heteroatoms. The Bertz CT molecular complexity index is 810. The largest absolute Gasteiger partial charge is 0.761 e. The number of halogens is 1. The zero-order chi connectivity index (χ0) is 16.4. The Balaban J connectivity index is 2.18. The van der Waals surface area contributed by atoms with Crippen molar-refractivity contribution in [2.45, 2.75) is 12.0 Å². The fraction of sp³-hybridized carbons (Fsp3) is 0.118. The number of thiocarbonyl (C=S) groups is 1. The average molecular weight is 358 g/mol.